The number of ketones is 1. The molecule has 0 spiro atoms. The van der Waals surface area contributed by atoms with Crippen molar-refractivity contribution in [1.29, 1.82) is 0 Å². The zero-order valence-electron chi connectivity index (χ0n) is 8.67. The van der Waals surface area contributed by atoms with E-state index < -0.39 is 17.7 Å². The Labute approximate surface area is 96.1 Å². The largest absolute Gasteiger partial charge is 0.387 e. The molecule has 0 aliphatic carbocycles. The molecule has 5 heteroatoms. The van der Waals surface area contributed by atoms with Gasteiger partial charge in [-0.15, -0.1) is 0 Å². The topological polar surface area (TPSA) is 60.4 Å². The Kier molecular flexibility index (Phi) is 10.2. The summed E-state index contributed by atoms with van der Waals surface area (Å²) in [5, 5.41) is 0. The fraction of sp³-hybridized carbons (Fsp3) is 0.667. The van der Waals surface area contributed by atoms with Gasteiger partial charge in [0, 0.05) is 32.8 Å². The Morgan fingerprint density at radius 2 is 1.71 bits per heavy atom. The Bertz CT molecular complexity index is 213. The van der Waals surface area contributed by atoms with Crippen molar-refractivity contribution in [3.8, 4) is 0 Å². The van der Waals surface area contributed by atoms with Crippen LogP contribution >= 0.6 is 0 Å². The van der Waals surface area contributed by atoms with Gasteiger partial charge in [-0.25, -0.2) is 4.79 Å². The van der Waals surface area contributed by atoms with Crippen molar-refractivity contribution in [2.75, 3.05) is 0 Å². The van der Waals surface area contributed by atoms with E-state index >= 15 is 0 Å². The van der Waals surface area contributed by atoms with Gasteiger partial charge in [0.1, 0.15) is 0 Å². The molecule has 4 nitrogen and oxygen atoms in total. The summed E-state index contributed by atoms with van der Waals surface area (Å²) in [5.74, 6) is -2.40. The third kappa shape index (κ3) is 8.05. The Morgan fingerprint density at radius 3 is 2.14 bits per heavy atom. The second-order valence-electron chi connectivity index (χ2n) is 2.76. The predicted octanol–water partition coefficient (Wildman–Crippen LogP) is 1.22. The fourth-order valence-corrected chi connectivity index (χ4v) is 0.825. The van der Waals surface area contributed by atoms with Crippen LogP contribution in [-0.4, -0.2) is 17.7 Å². The van der Waals surface area contributed by atoms with Crippen LogP contribution in [0.4, 0.5) is 0 Å². The van der Waals surface area contributed by atoms with Crippen molar-refractivity contribution in [3.63, 3.8) is 0 Å². The summed E-state index contributed by atoms with van der Waals surface area (Å²) in [4.78, 5) is 32.0. The van der Waals surface area contributed by atoms with Crippen LogP contribution in [-0.2, 0) is 38.6 Å². The van der Waals surface area contributed by atoms with Crippen LogP contribution < -0.4 is 0 Å². The van der Waals surface area contributed by atoms with E-state index in [0.717, 1.165) is 19.8 Å². The molecule has 0 aliphatic rings. The van der Waals surface area contributed by atoms with E-state index in [4.69, 9.17) is 0 Å². The normalized spacial score (nSPS) is 8.71. The zero-order chi connectivity index (χ0) is 10.3. The van der Waals surface area contributed by atoms with Crippen molar-refractivity contribution in [1.82, 2.24) is 0 Å². The van der Waals surface area contributed by atoms with Gasteiger partial charge in [0.05, 0.1) is 0 Å². The van der Waals surface area contributed by atoms with E-state index in [-0.39, 0.29) is 25.9 Å². The molecular weight excluding hydrogens is 237 g/mol. The molecule has 0 aromatic rings. The van der Waals surface area contributed by atoms with E-state index in [0.29, 0.717) is 6.42 Å². The third-order valence-corrected chi connectivity index (χ3v) is 1.47. The molecule has 0 unspecified atom stereocenters. The molecule has 0 amide bonds. The molecule has 14 heavy (non-hydrogen) atoms. The van der Waals surface area contributed by atoms with Gasteiger partial charge in [-0.05, 0) is 6.42 Å². The average molecular weight is 252 g/mol. The molecule has 0 radical (unpaired) electrons. The number of carbonyl (C=O) groups is 3. The molecule has 0 bridgehead atoms. The van der Waals surface area contributed by atoms with Gasteiger partial charge in [-0.1, -0.05) is 19.8 Å². The van der Waals surface area contributed by atoms with Crippen LogP contribution in [0, 0.1) is 0 Å². The van der Waals surface area contributed by atoms with Crippen LogP contribution in [0.1, 0.15) is 39.5 Å². The van der Waals surface area contributed by atoms with Gasteiger partial charge < -0.3 is 4.74 Å². The molecule has 0 atom stereocenters. The Morgan fingerprint density at radius 1 is 1.14 bits per heavy atom. The molecule has 0 saturated heterocycles. The first kappa shape index (κ1) is 15.9. The van der Waals surface area contributed by atoms with Crippen LogP contribution in [0.15, 0.2) is 0 Å². The summed E-state index contributed by atoms with van der Waals surface area (Å²) in [6.07, 6.45) is 2.72. The monoisotopic (exact) mass is 250 g/mol. The van der Waals surface area contributed by atoms with Gasteiger partial charge in [0.15, 0.2) is 0 Å². The molecule has 0 N–H and O–H groups in total. The average Bonchev–Trinajstić information content (AvgIpc) is 2.03. The number of esters is 2. The van der Waals surface area contributed by atoms with Gasteiger partial charge in [0.2, 0.25) is 5.78 Å². The summed E-state index contributed by atoms with van der Waals surface area (Å²) < 4.78 is 4.12. The number of rotatable bonds is 5. The number of ether oxygens (including phenoxy) is 1. The van der Waals surface area contributed by atoms with E-state index in [1.54, 1.807) is 0 Å². The van der Waals surface area contributed by atoms with Gasteiger partial charge in [0.25, 0.3) is 0 Å². The van der Waals surface area contributed by atoms with Gasteiger partial charge in [-0.3, -0.25) is 9.59 Å². The van der Waals surface area contributed by atoms with Crippen molar-refractivity contribution in [2.45, 2.75) is 39.5 Å². The summed E-state index contributed by atoms with van der Waals surface area (Å²) in [6, 6.07) is 0. The van der Waals surface area contributed by atoms with Gasteiger partial charge >= 0.3 is 11.9 Å². The smallest absolute Gasteiger partial charge is 0.382 e. The first-order chi connectivity index (χ1) is 6.07. The molecular formula is C9H14O4Zn. The number of hydrogen-bond donors (Lipinski definition) is 0. The van der Waals surface area contributed by atoms with E-state index in [1.165, 1.54) is 0 Å². The second-order valence-corrected chi connectivity index (χ2v) is 2.76. The molecule has 76 valence electrons. The maximum absolute atomic E-state index is 10.9. The Balaban J connectivity index is 0. The number of Topliss-reactive ketones (excluding diaryl/α,β-unsaturated/α-hetero) is 1. The molecule has 0 aromatic heterocycles. The summed E-state index contributed by atoms with van der Waals surface area (Å²) in [6.45, 7) is 3.09. The summed E-state index contributed by atoms with van der Waals surface area (Å²) in [5.41, 5.74) is 0. The quantitative estimate of drug-likeness (QED) is 0.242. The maximum Gasteiger partial charge on any atom is 0.382 e. The van der Waals surface area contributed by atoms with E-state index in [1.807, 2.05) is 6.92 Å². The molecule has 0 fully saturated rings. The summed E-state index contributed by atoms with van der Waals surface area (Å²) in [7, 11) is 0. The number of hydrogen-bond acceptors (Lipinski definition) is 4. The standard InChI is InChI=1S/C9H14O4.Zn/c1-3-4-5-6-8(11)9(12)13-7(2)10;/h3-6H2,1-2H3;. The predicted molar refractivity (Wildman–Crippen MR) is 45.9 cm³/mol. The summed E-state index contributed by atoms with van der Waals surface area (Å²) >= 11 is 0. The van der Waals surface area contributed by atoms with Crippen molar-refractivity contribution in [2.24, 2.45) is 0 Å². The molecule has 0 aliphatic heterocycles. The number of unbranched alkanes of at least 4 members (excludes halogenated alkanes) is 2. The first-order valence-corrected chi connectivity index (χ1v) is 4.33. The third-order valence-electron chi connectivity index (χ3n) is 1.47. The second kappa shape index (κ2) is 9.01. The van der Waals surface area contributed by atoms with Gasteiger partial charge in [-0.2, -0.15) is 0 Å². The van der Waals surface area contributed by atoms with E-state index in [2.05, 4.69) is 4.74 Å². The minimum absolute atomic E-state index is 0. The SMILES string of the molecule is CCCCCC(=O)C(=O)OC(C)=O.[Zn]. The number of carbonyl (C=O) groups excluding carboxylic acids is 3. The van der Waals surface area contributed by atoms with Crippen LogP contribution in [0.3, 0.4) is 0 Å². The van der Waals surface area contributed by atoms with Crippen molar-refractivity contribution < 1.29 is 38.6 Å². The molecule has 0 aromatic carbocycles. The first-order valence-electron chi connectivity index (χ1n) is 4.33. The van der Waals surface area contributed by atoms with Crippen LogP contribution in [0.25, 0.3) is 0 Å². The Hall–Kier alpha value is -0.567. The molecule has 0 rings (SSSR count). The fourth-order valence-electron chi connectivity index (χ4n) is 0.825. The van der Waals surface area contributed by atoms with Crippen LogP contribution in [0.2, 0.25) is 0 Å². The maximum atomic E-state index is 10.9. The van der Waals surface area contributed by atoms with Crippen molar-refractivity contribution in [3.05, 3.63) is 0 Å². The molecule has 0 saturated carbocycles. The van der Waals surface area contributed by atoms with Crippen LogP contribution in [0.5, 0.6) is 0 Å². The minimum Gasteiger partial charge on any atom is -0.387 e. The zero-order valence-corrected chi connectivity index (χ0v) is 11.6. The minimum atomic E-state index is -1.04. The van der Waals surface area contributed by atoms with Crippen molar-refractivity contribution >= 4 is 17.7 Å². The molecule has 0 heterocycles. The van der Waals surface area contributed by atoms with E-state index in [9.17, 15) is 14.4 Å².